The van der Waals surface area contributed by atoms with Crippen LogP contribution in [0.5, 0.6) is 0 Å². The first-order chi connectivity index (χ1) is 9.43. The molecule has 2 rings (SSSR count). The zero-order chi connectivity index (χ0) is 14.8. The summed E-state index contributed by atoms with van der Waals surface area (Å²) in [5, 5.41) is 0. The van der Waals surface area contributed by atoms with Gasteiger partial charge in [-0.1, -0.05) is 44.2 Å². The first kappa shape index (κ1) is 14.7. The second-order valence-electron chi connectivity index (χ2n) is 6.26. The van der Waals surface area contributed by atoms with Gasteiger partial charge in [0.05, 0.1) is 0 Å². The van der Waals surface area contributed by atoms with Crippen molar-refractivity contribution in [3.63, 3.8) is 0 Å². The van der Waals surface area contributed by atoms with Gasteiger partial charge < -0.3 is 5.73 Å². The molecule has 1 atom stereocenters. The van der Waals surface area contributed by atoms with Gasteiger partial charge in [-0.2, -0.15) is 0 Å². The van der Waals surface area contributed by atoms with E-state index < -0.39 is 0 Å². The Morgan fingerprint density at radius 3 is 2.20 bits per heavy atom. The van der Waals surface area contributed by atoms with E-state index >= 15 is 0 Å². The number of imide groups is 1. The quantitative estimate of drug-likeness (QED) is 0.853. The number of hydrogen-bond donors (Lipinski definition) is 1. The third-order valence-electron chi connectivity index (χ3n) is 3.82. The van der Waals surface area contributed by atoms with Crippen LogP contribution in [0.4, 0.5) is 0 Å². The van der Waals surface area contributed by atoms with Gasteiger partial charge in [0.1, 0.15) is 0 Å². The van der Waals surface area contributed by atoms with E-state index in [1.54, 1.807) is 0 Å². The molecule has 0 saturated carbocycles. The topological polar surface area (TPSA) is 63.4 Å². The molecule has 1 aliphatic heterocycles. The van der Waals surface area contributed by atoms with Gasteiger partial charge in [-0.05, 0) is 11.0 Å². The number of carbonyl (C=O) groups is 2. The molecule has 1 saturated heterocycles. The number of nitrogens with two attached hydrogens (primary N) is 1. The fourth-order valence-electron chi connectivity index (χ4n) is 2.68. The van der Waals surface area contributed by atoms with E-state index in [2.05, 4.69) is 0 Å². The van der Waals surface area contributed by atoms with Gasteiger partial charge in [0.2, 0.25) is 11.8 Å². The Bertz CT molecular complexity index is 476. The molecule has 0 bridgehead atoms. The Labute approximate surface area is 119 Å². The summed E-state index contributed by atoms with van der Waals surface area (Å²) < 4.78 is 0. The average molecular weight is 274 g/mol. The molecule has 20 heavy (non-hydrogen) atoms. The monoisotopic (exact) mass is 274 g/mol. The molecule has 1 aromatic rings. The highest BCUT2D eigenvalue weighted by Gasteiger charge is 2.38. The lowest BCUT2D eigenvalue weighted by atomic mass is 9.81. The van der Waals surface area contributed by atoms with E-state index in [-0.39, 0.29) is 23.1 Å². The van der Waals surface area contributed by atoms with Crippen LogP contribution in [0.1, 0.15) is 38.2 Å². The highest BCUT2D eigenvalue weighted by Crippen LogP contribution is 2.32. The maximum atomic E-state index is 12.2. The third kappa shape index (κ3) is 3.25. The van der Waals surface area contributed by atoms with Gasteiger partial charge in [-0.15, -0.1) is 0 Å². The highest BCUT2D eigenvalue weighted by atomic mass is 16.2. The lowest BCUT2D eigenvalue weighted by molar-refractivity contribution is -0.152. The molecule has 0 aliphatic carbocycles. The summed E-state index contributed by atoms with van der Waals surface area (Å²) in [4.78, 5) is 25.7. The molecule has 108 valence electrons. The average Bonchev–Trinajstić information content (AvgIpc) is 2.38. The van der Waals surface area contributed by atoms with E-state index in [9.17, 15) is 9.59 Å². The van der Waals surface area contributed by atoms with Crippen molar-refractivity contribution in [3.05, 3.63) is 35.9 Å². The molecule has 2 amide bonds. The Morgan fingerprint density at radius 1 is 1.15 bits per heavy atom. The normalized spacial score (nSPS) is 20.1. The lowest BCUT2D eigenvalue weighted by Crippen LogP contribution is -2.48. The predicted molar refractivity (Wildman–Crippen MR) is 78.0 cm³/mol. The third-order valence-corrected chi connectivity index (χ3v) is 3.82. The molecule has 0 aromatic heterocycles. The van der Waals surface area contributed by atoms with Crippen LogP contribution in [0.3, 0.4) is 0 Å². The fraction of sp³-hybridized carbons (Fsp3) is 0.500. The van der Waals surface area contributed by atoms with E-state index in [0.717, 1.165) is 5.56 Å². The summed E-state index contributed by atoms with van der Waals surface area (Å²) in [7, 11) is 0. The number of carbonyl (C=O) groups excluding carboxylic acids is 2. The first-order valence-electron chi connectivity index (χ1n) is 7.01. The second kappa shape index (κ2) is 5.75. The van der Waals surface area contributed by atoms with E-state index in [1.807, 2.05) is 44.2 Å². The van der Waals surface area contributed by atoms with E-state index in [4.69, 9.17) is 5.73 Å². The highest BCUT2D eigenvalue weighted by molar-refractivity contribution is 5.98. The van der Waals surface area contributed by atoms with Crippen LogP contribution in [0.2, 0.25) is 0 Å². The molecule has 1 fully saturated rings. The van der Waals surface area contributed by atoms with E-state index in [1.165, 1.54) is 4.90 Å². The van der Waals surface area contributed by atoms with Gasteiger partial charge >= 0.3 is 0 Å². The van der Waals surface area contributed by atoms with Crippen molar-refractivity contribution in [1.29, 1.82) is 0 Å². The zero-order valence-corrected chi connectivity index (χ0v) is 12.1. The smallest absolute Gasteiger partial charge is 0.229 e. The molecule has 4 nitrogen and oxygen atoms in total. The summed E-state index contributed by atoms with van der Waals surface area (Å²) in [5.74, 6) is -0.161. The SMILES string of the molecule is CC1(C)CC(=O)N(CC(CN)c2ccccc2)C(=O)C1. The maximum absolute atomic E-state index is 12.2. The number of benzene rings is 1. The minimum Gasteiger partial charge on any atom is -0.330 e. The van der Waals surface area contributed by atoms with Gasteiger partial charge in [0, 0.05) is 31.8 Å². The van der Waals surface area contributed by atoms with Crippen LogP contribution in [0, 0.1) is 5.41 Å². The molecule has 1 heterocycles. The minimum atomic E-state index is -0.227. The summed E-state index contributed by atoms with van der Waals surface area (Å²) in [6.07, 6.45) is 0.843. The Hall–Kier alpha value is -1.68. The molecule has 1 aromatic carbocycles. The van der Waals surface area contributed by atoms with Crippen molar-refractivity contribution >= 4 is 11.8 Å². The van der Waals surface area contributed by atoms with E-state index in [0.29, 0.717) is 25.9 Å². The molecular formula is C16H22N2O2. The second-order valence-corrected chi connectivity index (χ2v) is 6.26. The van der Waals surface area contributed by atoms with Gasteiger partial charge in [-0.3, -0.25) is 14.5 Å². The lowest BCUT2D eigenvalue weighted by Gasteiger charge is -2.36. The van der Waals surface area contributed by atoms with Gasteiger partial charge in [0.25, 0.3) is 0 Å². The van der Waals surface area contributed by atoms with Crippen molar-refractivity contribution in [3.8, 4) is 0 Å². The molecule has 2 N–H and O–H groups in total. The van der Waals surface area contributed by atoms with Crippen LogP contribution in [-0.2, 0) is 9.59 Å². The molecule has 0 radical (unpaired) electrons. The number of amides is 2. The summed E-state index contributed by atoms with van der Waals surface area (Å²) in [5.41, 5.74) is 6.66. The number of piperidine rings is 1. The Morgan fingerprint density at radius 2 is 1.70 bits per heavy atom. The van der Waals surface area contributed by atoms with Crippen LogP contribution < -0.4 is 5.73 Å². The Balaban J connectivity index is 2.12. The molecule has 0 spiro atoms. The minimum absolute atomic E-state index is 0.00492. The molecular weight excluding hydrogens is 252 g/mol. The first-order valence-corrected chi connectivity index (χ1v) is 7.01. The van der Waals surface area contributed by atoms with Crippen LogP contribution in [-0.4, -0.2) is 29.8 Å². The van der Waals surface area contributed by atoms with Crippen molar-refractivity contribution in [1.82, 2.24) is 4.90 Å². The van der Waals surface area contributed by atoms with Crippen molar-refractivity contribution in [2.45, 2.75) is 32.6 Å². The Kier molecular flexibility index (Phi) is 4.23. The number of hydrogen-bond acceptors (Lipinski definition) is 3. The largest absolute Gasteiger partial charge is 0.330 e. The van der Waals surface area contributed by atoms with Crippen molar-refractivity contribution in [2.24, 2.45) is 11.1 Å². The zero-order valence-electron chi connectivity index (χ0n) is 12.1. The number of likely N-dealkylation sites (tertiary alicyclic amines) is 1. The van der Waals surface area contributed by atoms with Gasteiger partial charge in [0.15, 0.2) is 0 Å². The van der Waals surface area contributed by atoms with Crippen LogP contribution in [0.15, 0.2) is 30.3 Å². The standard InChI is InChI=1S/C16H22N2O2/c1-16(2)8-14(19)18(15(20)9-16)11-13(10-17)12-6-4-3-5-7-12/h3-7,13H,8-11,17H2,1-2H3. The van der Waals surface area contributed by atoms with Crippen molar-refractivity contribution in [2.75, 3.05) is 13.1 Å². The predicted octanol–water partition coefficient (Wildman–Crippen LogP) is 1.90. The molecule has 1 unspecified atom stereocenters. The summed E-state index contributed by atoms with van der Waals surface area (Å²) >= 11 is 0. The number of rotatable bonds is 4. The summed E-state index contributed by atoms with van der Waals surface area (Å²) in [6.45, 7) is 4.72. The molecule has 1 aliphatic rings. The summed E-state index contributed by atoms with van der Waals surface area (Å²) in [6, 6.07) is 9.80. The van der Waals surface area contributed by atoms with Crippen LogP contribution in [0.25, 0.3) is 0 Å². The number of nitrogens with zero attached hydrogens (tertiary/aromatic N) is 1. The van der Waals surface area contributed by atoms with Crippen molar-refractivity contribution < 1.29 is 9.59 Å². The maximum Gasteiger partial charge on any atom is 0.229 e. The van der Waals surface area contributed by atoms with Crippen LogP contribution >= 0.6 is 0 Å². The van der Waals surface area contributed by atoms with Gasteiger partial charge in [-0.25, -0.2) is 0 Å². The molecule has 4 heteroatoms. The fourth-order valence-corrected chi connectivity index (χ4v) is 2.68.